The Morgan fingerprint density at radius 1 is 0.935 bits per heavy atom. The molecule has 0 saturated heterocycles. The third kappa shape index (κ3) is 3.76. The maximum absolute atomic E-state index is 3.91. The predicted molar refractivity (Wildman–Crippen MR) is 139 cm³/mol. The lowest BCUT2D eigenvalue weighted by Crippen LogP contribution is -2.24. The quantitative estimate of drug-likeness (QED) is 0.369. The van der Waals surface area contributed by atoms with E-state index in [-0.39, 0.29) is 10.8 Å². The predicted octanol–water partition coefficient (Wildman–Crippen LogP) is 7.68. The van der Waals surface area contributed by atoms with E-state index in [0.717, 1.165) is 12.8 Å². The molecule has 0 nitrogen and oxygen atoms in total. The Morgan fingerprint density at radius 2 is 1.65 bits per heavy atom. The summed E-state index contributed by atoms with van der Waals surface area (Å²) < 4.78 is 0. The highest BCUT2D eigenvalue weighted by Gasteiger charge is 2.28. The number of allylic oxidation sites excluding steroid dienone is 4. The Bertz CT molecular complexity index is 1250. The first-order valence-corrected chi connectivity index (χ1v) is 14.3. The van der Waals surface area contributed by atoms with Crippen molar-refractivity contribution in [3.63, 3.8) is 0 Å². The van der Waals surface area contributed by atoms with Crippen LogP contribution in [0.15, 0.2) is 42.0 Å². The van der Waals surface area contributed by atoms with Crippen LogP contribution in [0.4, 0.5) is 0 Å². The molecule has 0 saturated carbocycles. The van der Waals surface area contributed by atoms with E-state index in [9.17, 15) is 0 Å². The van der Waals surface area contributed by atoms with Crippen LogP contribution in [0.3, 0.4) is 0 Å². The van der Waals surface area contributed by atoms with Gasteiger partial charge in [0.15, 0.2) is 0 Å². The fourth-order valence-corrected chi connectivity index (χ4v) is 6.56. The molecular formula is C30H37Si. The van der Waals surface area contributed by atoms with Gasteiger partial charge in [-0.25, -0.2) is 0 Å². The summed E-state index contributed by atoms with van der Waals surface area (Å²) in [6, 6.07) is 9.57. The number of hydrogen-bond acceptors (Lipinski definition) is 0. The molecule has 2 aliphatic rings. The molecule has 161 valence electrons. The molecule has 2 aromatic carbocycles. The summed E-state index contributed by atoms with van der Waals surface area (Å²) >= 11 is 0. The average molecular weight is 426 g/mol. The minimum absolute atomic E-state index is 0.100. The third-order valence-electron chi connectivity index (χ3n) is 6.76. The van der Waals surface area contributed by atoms with Crippen LogP contribution >= 0.6 is 0 Å². The van der Waals surface area contributed by atoms with Crippen molar-refractivity contribution in [1.29, 1.82) is 0 Å². The lowest BCUT2D eigenvalue weighted by molar-refractivity contribution is 0.585. The van der Waals surface area contributed by atoms with Gasteiger partial charge in [-0.1, -0.05) is 91.9 Å². The molecule has 0 fully saturated rings. The van der Waals surface area contributed by atoms with Gasteiger partial charge in [0.05, 0.1) is 0 Å². The molecule has 1 radical (unpaired) electrons. The zero-order valence-electron chi connectivity index (χ0n) is 20.9. The van der Waals surface area contributed by atoms with Crippen LogP contribution in [0.2, 0.25) is 13.1 Å². The topological polar surface area (TPSA) is 0 Å². The summed E-state index contributed by atoms with van der Waals surface area (Å²) in [5.41, 5.74) is 11.7. The fourth-order valence-electron chi connectivity index (χ4n) is 5.13. The number of hydrogen-bond donors (Lipinski definition) is 0. The first-order valence-electron chi connectivity index (χ1n) is 11.8. The zero-order valence-corrected chi connectivity index (χ0v) is 21.9. The molecule has 0 N–H and O–H groups in total. The van der Waals surface area contributed by atoms with Crippen molar-refractivity contribution in [2.45, 2.75) is 85.2 Å². The van der Waals surface area contributed by atoms with Crippen LogP contribution < -0.4 is 5.22 Å². The van der Waals surface area contributed by atoms with Gasteiger partial charge in [-0.3, -0.25) is 0 Å². The van der Waals surface area contributed by atoms with E-state index in [4.69, 9.17) is 0 Å². The van der Waals surface area contributed by atoms with Gasteiger partial charge in [0.2, 0.25) is 0 Å². The van der Waals surface area contributed by atoms with Gasteiger partial charge < -0.3 is 0 Å². The summed E-state index contributed by atoms with van der Waals surface area (Å²) in [7, 11) is -0.623. The van der Waals surface area contributed by atoms with Crippen LogP contribution in [0.1, 0.15) is 83.6 Å². The fraction of sp³-hybridized carbons (Fsp3) is 0.433. The molecule has 2 aliphatic carbocycles. The summed E-state index contributed by atoms with van der Waals surface area (Å²) in [6.45, 7) is 21.2. The highest BCUT2D eigenvalue weighted by Crippen LogP contribution is 2.40. The largest absolute Gasteiger partial charge is 0.0798 e. The van der Waals surface area contributed by atoms with Crippen molar-refractivity contribution in [1.82, 2.24) is 0 Å². The van der Waals surface area contributed by atoms with Gasteiger partial charge in [0.25, 0.3) is 0 Å². The summed E-state index contributed by atoms with van der Waals surface area (Å²) in [6.07, 6.45) is 10.7. The lowest BCUT2D eigenvalue weighted by Gasteiger charge is -2.27. The van der Waals surface area contributed by atoms with E-state index in [0.29, 0.717) is 0 Å². The number of benzene rings is 2. The van der Waals surface area contributed by atoms with Crippen molar-refractivity contribution in [3.8, 4) is 11.1 Å². The molecule has 4 rings (SSSR count). The van der Waals surface area contributed by atoms with Crippen LogP contribution in [0.5, 0.6) is 0 Å². The van der Waals surface area contributed by atoms with Gasteiger partial charge in [-0.2, -0.15) is 0 Å². The average Bonchev–Trinajstić information content (AvgIpc) is 3.28. The van der Waals surface area contributed by atoms with Gasteiger partial charge in [-0.15, -0.1) is 0 Å². The first kappa shape index (κ1) is 22.2. The number of fused-ring (bicyclic) bond motifs is 3. The normalized spacial score (nSPS) is 15.3. The molecule has 1 heteroatoms. The monoisotopic (exact) mass is 425 g/mol. The summed E-state index contributed by atoms with van der Waals surface area (Å²) in [5, 5.41) is 1.34. The molecular weight excluding hydrogens is 388 g/mol. The summed E-state index contributed by atoms with van der Waals surface area (Å²) in [4.78, 5) is 1.59. The standard InChI is InChI=1S/C30H37Si/c1-10-19-12-11-13-23(19)27-25-17-20-16-21(29(2,3)4)14-15-22(20)24(25)18-26(31(8)9)28(27)30(5,6)7/h11-12,14-16,18H,10,13H2,1-9H3. The Morgan fingerprint density at radius 3 is 2.23 bits per heavy atom. The van der Waals surface area contributed by atoms with Crippen molar-refractivity contribution in [2.75, 3.05) is 0 Å². The Balaban J connectivity index is 2.17. The maximum Gasteiger partial charge on any atom is 0.0132 e. The Hall–Kier alpha value is -1.99. The molecule has 0 spiro atoms. The summed E-state index contributed by atoms with van der Waals surface area (Å²) in [5.74, 6) is 0. The number of rotatable bonds is 2. The third-order valence-corrected chi connectivity index (χ3v) is 8.23. The molecule has 0 aliphatic heterocycles. The zero-order chi connectivity index (χ0) is 22.7. The van der Waals surface area contributed by atoms with Crippen LogP contribution in [-0.4, -0.2) is 8.41 Å². The van der Waals surface area contributed by atoms with Gasteiger partial charge in [-0.05, 0) is 90.4 Å². The van der Waals surface area contributed by atoms with E-state index >= 15 is 0 Å². The maximum atomic E-state index is 3.91. The SMILES string of the molecule is CCC1=C(c2c(C(C)(C)C)c(=[Si](C)C)cc3c2=[C]c2cc(C(C)(C)C)ccc2-3)CC=C1. The van der Waals surface area contributed by atoms with Crippen LogP contribution in [-0.2, 0) is 10.8 Å². The Kier molecular flexibility index (Phi) is 5.41. The van der Waals surface area contributed by atoms with Crippen LogP contribution in [0.25, 0.3) is 22.8 Å². The van der Waals surface area contributed by atoms with Crippen molar-refractivity contribution >= 4 is 20.1 Å². The van der Waals surface area contributed by atoms with E-state index in [2.05, 4.69) is 104 Å². The van der Waals surface area contributed by atoms with Crippen molar-refractivity contribution < 1.29 is 0 Å². The highest BCUT2D eigenvalue weighted by atomic mass is 28.2. The first-order chi connectivity index (χ1) is 14.4. The van der Waals surface area contributed by atoms with E-state index in [1.807, 2.05) is 0 Å². The van der Waals surface area contributed by atoms with Gasteiger partial charge in [0.1, 0.15) is 0 Å². The second-order valence-corrected chi connectivity index (χ2v) is 14.0. The van der Waals surface area contributed by atoms with E-state index < -0.39 is 8.41 Å². The highest BCUT2D eigenvalue weighted by molar-refractivity contribution is 6.47. The molecule has 0 bridgehead atoms. The molecule has 2 aromatic rings. The van der Waals surface area contributed by atoms with Gasteiger partial charge in [0, 0.05) is 8.41 Å². The van der Waals surface area contributed by atoms with Crippen molar-refractivity contribution in [3.05, 3.63) is 74.3 Å². The minimum Gasteiger partial charge on any atom is -0.0798 e. The van der Waals surface area contributed by atoms with E-state index in [1.54, 1.807) is 10.4 Å². The molecule has 0 amide bonds. The van der Waals surface area contributed by atoms with E-state index in [1.165, 1.54) is 44.2 Å². The molecule has 0 unspecified atom stereocenters. The lowest BCUT2D eigenvalue weighted by atomic mass is 9.79. The molecule has 0 atom stereocenters. The van der Waals surface area contributed by atoms with Gasteiger partial charge >= 0.3 is 0 Å². The smallest absolute Gasteiger partial charge is 0.0132 e. The second kappa shape index (κ2) is 7.55. The van der Waals surface area contributed by atoms with Crippen LogP contribution in [0, 0.1) is 4.81 Å². The minimum atomic E-state index is -0.623. The molecule has 31 heavy (non-hydrogen) atoms. The van der Waals surface area contributed by atoms with Crippen molar-refractivity contribution in [2.24, 2.45) is 0 Å². The molecule has 0 aromatic heterocycles. The second-order valence-electron chi connectivity index (χ2n) is 11.4. The molecule has 0 heterocycles. The Labute approximate surface area is 190 Å².